The molecule has 0 aliphatic rings. The zero-order chi connectivity index (χ0) is 13.9. The molecule has 1 heterocycles. The minimum absolute atomic E-state index is 0.268. The van der Waals surface area contributed by atoms with E-state index in [1.54, 1.807) is 6.92 Å². The minimum Gasteiger partial charge on any atom is -0.478 e. The number of hydrogen-bond acceptors (Lipinski definition) is 3. The van der Waals surface area contributed by atoms with Gasteiger partial charge in [0, 0.05) is 18.3 Å². The molecule has 0 aliphatic heterocycles. The first kappa shape index (κ1) is 14.5. The minimum atomic E-state index is -0.906. The molecule has 18 heavy (non-hydrogen) atoms. The Kier molecular flexibility index (Phi) is 4.70. The zero-order valence-corrected chi connectivity index (χ0v) is 11.8. The second-order valence-corrected chi connectivity index (χ2v) is 4.84. The van der Waals surface area contributed by atoms with E-state index in [0.717, 1.165) is 24.3 Å². The second kappa shape index (κ2) is 5.85. The first-order chi connectivity index (χ1) is 8.38. The number of nitrogens with zero attached hydrogens (tertiary/aromatic N) is 2. The third kappa shape index (κ3) is 3.00. The van der Waals surface area contributed by atoms with Gasteiger partial charge in [-0.15, -0.1) is 0 Å². The fourth-order valence-corrected chi connectivity index (χ4v) is 2.20. The van der Waals surface area contributed by atoms with E-state index in [2.05, 4.69) is 30.7 Å². The molecule has 0 fully saturated rings. The molecule has 0 spiro atoms. The average molecular weight is 250 g/mol. The van der Waals surface area contributed by atoms with Crippen LogP contribution in [-0.2, 0) is 0 Å². The summed E-state index contributed by atoms with van der Waals surface area (Å²) in [5.41, 5.74) is 2.54. The predicted octanol–water partition coefficient (Wildman–Crippen LogP) is 3.02. The summed E-state index contributed by atoms with van der Waals surface area (Å²) >= 11 is 0. The Morgan fingerprint density at radius 1 is 1.44 bits per heavy atom. The summed E-state index contributed by atoms with van der Waals surface area (Å²) in [6.07, 6.45) is 0.984. The summed E-state index contributed by atoms with van der Waals surface area (Å²) in [6.45, 7) is 10.7. The van der Waals surface area contributed by atoms with Crippen molar-refractivity contribution in [2.24, 2.45) is 0 Å². The van der Waals surface area contributed by atoms with Crippen molar-refractivity contribution in [3.05, 3.63) is 23.0 Å². The molecule has 0 atom stereocenters. The number of carboxylic acid groups (broad SMARTS) is 1. The van der Waals surface area contributed by atoms with Crippen LogP contribution in [0.1, 0.15) is 48.9 Å². The molecule has 0 aromatic carbocycles. The van der Waals surface area contributed by atoms with Crippen molar-refractivity contribution in [3.8, 4) is 0 Å². The van der Waals surface area contributed by atoms with E-state index >= 15 is 0 Å². The van der Waals surface area contributed by atoms with Crippen LogP contribution in [0.3, 0.4) is 0 Å². The molecule has 100 valence electrons. The Bertz CT molecular complexity index is 442. The maximum absolute atomic E-state index is 11.4. The zero-order valence-electron chi connectivity index (χ0n) is 11.8. The fraction of sp³-hybridized carbons (Fsp3) is 0.571. The molecule has 4 nitrogen and oxygen atoms in total. The van der Waals surface area contributed by atoms with E-state index in [0.29, 0.717) is 11.3 Å². The molecule has 1 rings (SSSR count). The van der Waals surface area contributed by atoms with Crippen molar-refractivity contribution in [1.29, 1.82) is 0 Å². The molecule has 0 saturated heterocycles. The lowest BCUT2D eigenvalue weighted by atomic mass is 10.1. The highest BCUT2D eigenvalue weighted by Crippen LogP contribution is 2.26. The number of aromatic carboxylic acids is 1. The number of rotatable bonds is 5. The average Bonchev–Trinajstić information content (AvgIpc) is 2.23. The highest BCUT2D eigenvalue weighted by Gasteiger charge is 2.21. The van der Waals surface area contributed by atoms with Crippen molar-refractivity contribution in [3.63, 3.8) is 0 Å². The number of hydrogen-bond donors (Lipinski definition) is 1. The number of carbonyl (C=O) groups is 1. The smallest absolute Gasteiger partial charge is 0.339 e. The molecular formula is C14H22N2O2. The third-order valence-corrected chi connectivity index (χ3v) is 2.92. The van der Waals surface area contributed by atoms with Gasteiger partial charge in [0.15, 0.2) is 0 Å². The van der Waals surface area contributed by atoms with Crippen molar-refractivity contribution < 1.29 is 9.90 Å². The highest BCUT2D eigenvalue weighted by molar-refractivity contribution is 5.95. The molecule has 4 heteroatoms. The van der Waals surface area contributed by atoms with Crippen LogP contribution in [-0.4, -0.2) is 28.6 Å². The van der Waals surface area contributed by atoms with Gasteiger partial charge in [0.05, 0.1) is 11.4 Å². The summed E-state index contributed by atoms with van der Waals surface area (Å²) < 4.78 is 0. The summed E-state index contributed by atoms with van der Waals surface area (Å²) in [6, 6.07) is 2.13. The Morgan fingerprint density at radius 3 is 2.50 bits per heavy atom. The molecule has 0 radical (unpaired) electrons. The second-order valence-electron chi connectivity index (χ2n) is 4.84. The van der Waals surface area contributed by atoms with Gasteiger partial charge in [0.2, 0.25) is 0 Å². The maximum atomic E-state index is 11.4. The molecule has 0 saturated carbocycles. The SMILES string of the molecule is CCCN(c1cc(C)nc(C)c1C(=O)O)C(C)C. The predicted molar refractivity (Wildman–Crippen MR) is 73.4 cm³/mol. The number of aromatic nitrogens is 1. The lowest BCUT2D eigenvalue weighted by Crippen LogP contribution is -2.33. The Morgan fingerprint density at radius 2 is 2.06 bits per heavy atom. The van der Waals surface area contributed by atoms with Gasteiger partial charge in [0.25, 0.3) is 0 Å². The van der Waals surface area contributed by atoms with Gasteiger partial charge in [-0.1, -0.05) is 6.92 Å². The molecule has 0 aliphatic carbocycles. The van der Waals surface area contributed by atoms with Crippen molar-refractivity contribution in [2.45, 2.75) is 47.1 Å². The van der Waals surface area contributed by atoms with Gasteiger partial charge in [-0.3, -0.25) is 4.98 Å². The first-order valence-electron chi connectivity index (χ1n) is 6.36. The Labute approximate surface area is 109 Å². The van der Waals surface area contributed by atoms with Gasteiger partial charge in [-0.25, -0.2) is 4.79 Å². The van der Waals surface area contributed by atoms with Crippen LogP contribution >= 0.6 is 0 Å². The van der Waals surface area contributed by atoms with E-state index in [4.69, 9.17) is 0 Å². The highest BCUT2D eigenvalue weighted by atomic mass is 16.4. The molecular weight excluding hydrogens is 228 g/mol. The summed E-state index contributed by atoms with van der Waals surface area (Å²) in [5, 5.41) is 9.37. The molecule has 0 amide bonds. The summed E-state index contributed by atoms with van der Waals surface area (Å²) in [5.74, 6) is -0.906. The Hall–Kier alpha value is -1.58. The molecule has 1 aromatic rings. The van der Waals surface area contributed by atoms with E-state index in [-0.39, 0.29) is 6.04 Å². The standard InChI is InChI=1S/C14H22N2O2/c1-6-7-16(9(2)3)12-8-10(4)15-11(5)13(12)14(17)18/h8-9H,6-7H2,1-5H3,(H,17,18). The largest absolute Gasteiger partial charge is 0.478 e. The maximum Gasteiger partial charge on any atom is 0.339 e. The van der Waals surface area contributed by atoms with E-state index in [9.17, 15) is 9.90 Å². The van der Waals surface area contributed by atoms with Crippen LogP contribution in [0.25, 0.3) is 0 Å². The van der Waals surface area contributed by atoms with Crippen molar-refractivity contribution >= 4 is 11.7 Å². The monoisotopic (exact) mass is 250 g/mol. The van der Waals surface area contributed by atoms with E-state index in [1.165, 1.54) is 0 Å². The molecule has 1 N–H and O–H groups in total. The van der Waals surface area contributed by atoms with Gasteiger partial charge >= 0.3 is 5.97 Å². The number of aryl methyl sites for hydroxylation is 2. The van der Waals surface area contributed by atoms with Crippen molar-refractivity contribution in [2.75, 3.05) is 11.4 Å². The Balaban J connectivity index is 3.39. The van der Waals surface area contributed by atoms with Crippen LogP contribution in [0.5, 0.6) is 0 Å². The molecule has 0 unspecified atom stereocenters. The van der Waals surface area contributed by atoms with E-state index in [1.807, 2.05) is 13.0 Å². The number of carboxylic acids is 1. The topological polar surface area (TPSA) is 53.4 Å². The van der Waals surface area contributed by atoms with Crippen LogP contribution in [0, 0.1) is 13.8 Å². The van der Waals surface area contributed by atoms with Crippen LogP contribution in [0.15, 0.2) is 6.07 Å². The van der Waals surface area contributed by atoms with Crippen molar-refractivity contribution in [1.82, 2.24) is 4.98 Å². The van der Waals surface area contributed by atoms with Crippen LogP contribution in [0.2, 0.25) is 0 Å². The lowest BCUT2D eigenvalue weighted by Gasteiger charge is -2.30. The fourth-order valence-electron chi connectivity index (χ4n) is 2.20. The third-order valence-electron chi connectivity index (χ3n) is 2.92. The summed E-state index contributed by atoms with van der Waals surface area (Å²) in [7, 11) is 0. The first-order valence-corrected chi connectivity index (χ1v) is 6.36. The normalized spacial score (nSPS) is 10.8. The van der Waals surface area contributed by atoms with Gasteiger partial charge in [-0.2, -0.15) is 0 Å². The van der Waals surface area contributed by atoms with Crippen LogP contribution < -0.4 is 4.90 Å². The number of anilines is 1. The van der Waals surface area contributed by atoms with Gasteiger partial charge in [-0.05, 0) is 40.2 Å². The van der Waals surface area contributed by atoms with Gasteiger partial charge < -0.3 is 10.0 Å². The number of pyridine rings is 1. The summed E-state index contributed by atoms with van der Waals surface area (Å²) in [4.78, 5) is 17.8. The molecule has 0 bridgehead atoms. The quantitative estimate of drug-likeness (QED) is 0.872. The van der Waals surface area contributed by atoms with Gasteiger partial charge in [0.1, 0.15) is 5.56 Å². The lowest BCUT2D eigenvalue weighted by molar-refractivity contribution is 0.0696. The van der Waals surface area contributed by atoms with E-state index < -0.39 is 5.97 Å². The molecule has 1 aromatic heterocycles. The van der Waals surface area contributed by atoms with Crippen LogP contribution in [0.4, 0.5) is 5.69 Å².